The van der Waals surface area contributed by atoms with E-state index in [1.165, 1.54) is 42.8 Å². The predicted octanol–water partition coefficient (Wildman–Crippen LogP) is 3.07. The second-order valence-electron chi connectivity index (χ2n) is 6.49. The maximum Gasteiger partial charge on any atom is 0.255 e. The van der Waals surface area contributed by atoms with Crippen molar-refractivity contribution in [2.45, 2.75) is 18.4 Å². The van der Waals surface area contributed by atoms with Crippen molar-refractivity contribution in [3.8, 4) is 0 Å². The van der Waals surface area contributed by atoms with E-state index in [1.54, 1.807) is 30.3 Å². The van der Waals surface area contributed by atoms with Crippen LogP contribution in [0.2, 0.25) is 0 Å². The summed E-state index contributed by atoms with van der Waals surface area (Å²) in [5.74, 6) is -0.812. The number of rotatable bonds is 8. The van der Waals surface area contributed by atoms with Gasteiger partial charge < -0.3 is 4.42 Å². The standard InChI is InChI=1S/C21H20FN3O4S/c1-16-8-10-19(11-9-16)30(27,28)25(14-17-5-2-3-7-20(17)22)15-21(26)24-23-13-18-6-4-12-29-18/h2-13H,14-15H2,1H3,(H,24,26). The summed E-state index contributed by atoms with van der Waals surface area (Å²) in [4.78, 5) is 12.3. The van der Waals surface area contributed by atoms with Gasteiger partial charge in [0.25, 0.3) is 5.91 Å². The lowest BCUT2D eigenvalue weighted by molar-refractivity contribution is -0.121. The molecule has 7 nitrogen and oxygen atoms in total. The fourth-order valence-corrected chi connectivity index (χ4v) is 4.00. The Hall–Kier alpha value is -3.30. The van der Waals surface area contributed by atoms with Crippen LogP contribution >= 0.6 is 0 Å². The van der Waals surface area contributed by atoms with E-state index < -0.39 is 28.3 Å². The van der Waals surface area contributed by atoms with Gasteiger partial charge in [-0.3, -0.25) is 4.79 Å². The molecule has 0 saturated heterocycles. The van der Waals surface area contributed by atoms with Crippen molar-refractivity contribution < 1.29 is 22.0 Å². The average molecular weight is 429 g/mol. The lowest BCUT2D eigenvalue weighted by atomic mass is 10.2. The molecule has 1 aromatic heterocycles. The zero-order valence-corrected chi connectivity index (χ0v) is 17.0. The second-order valence-corrected chi connectivity index (χ2v) is 8.42. The van der Waals surface area contributed by atoms with Gasteiger partial charge in [0, 0.05) is 12.1 Å². The number of nitrogens with zero attached hydrogens (tertiary/aromatic N) is 2. The minimum Gasteiger partial charge on any atom is -0.463 e. The lowest BCUT2D eigenvalue weighted by Gasteiger charge is -2.22. The van der Waals surface area contributed by atoms with Crippen LogP contribution in [0.3, 0.4) is 0 Å². The number of aryl methyl sites for hydroxylation is 1. The number of carbonyl (C=O) groups is 1. The molecule has 0 aliphatic carbocycles. The molecule has 3 aromatic rings. The van der Waals surface area contributed by atoms with Crippen molar-refractivity contribution in [2.75, 3.05) is 6.54 Å². The van der Waals surface area contributed by atoms with Crippen LogP contribution in [0.25, 0.3) is 0 Å². The molecule has 0 atom stereocenters. The summed E-state index contributed by atoms with van der Waals surface area (Å²) in [5.41, 5.74) is 3.30. The Bertz CT molecular complexity index is 1130. The predicted molar refractivity (Wildman–Crippen MR) is 110 cm³/mol. The number of hydrogen-bond acceptors (Lipinski definition) is 5. The summed E-state index contributed by atoms with van der Waals surface area (Å²) < 4.78 is 46.4. The summed E-state index contributed by atoms with van der Waals surface area (Å²) in [6.45, 7) is 0.982. The van der Waals surface area contributed by atoms with Crippen LogP contribution in [-0.2, 0) is 21.4 Å². The van der Waals surface area contributed by atoms with Crippen molar-refractivity contribution in [1.82, 2.24) is 9.73 Å². The quantitative estimate of drug-likeness (QED) is 0.440. The maximum absolute atomic E-state index is 14.1. The van der Waals surface area contributed by atoms with Gasteiger partial charge in [0.15, 0.2) is 0 Å². The zero-order chi connectivity index (χ0) is 21.6. The normalized spacial score (nSPS) is 11.8. The van der Waals surface area contributed by atoms with Crippen LogP contribution < -0.4 is 5.43 Å². The minimum atomic E-state index is -4.06. The van der Waals surface area contributed by atoms with Gasteiger partial charge in [0.05, 0.1) is 23.9 Å². The van der Waals surface area contributed by atoms with Gasteiger partial charge in [-0.05, 0) is 37.3 Å². The topological polar surface area (TPSA) is 92.0 Å². The number of furan rings is 1. The van der Waals surface area contributed by atoms with Gasteiger partial charge in [-0.1, -0.05) is 35.9 Å². The number of nitrogens with one attached hydrogen (secondary N) is 1. The molecule has 0 unspecified atom stereocenters. The van der Waals surface area contributed by atoms with Gasteiger partial charge >= 0.3 is 0 Å². The van der Waals surface area contributed by atoms with E-state index in [9.17, 15) is 17.6 Å². The van der Waals surface area contributed by atoms with E-state index in [-0.39, 0.29) is 17.0 Å². The van der Waals surface area contributed by atoms with Gasteiger partial charge in [0.2, 0.25) is 10.0 Å². The van der Waals surface area contributed by atoms with Crippen molar-refractivity contribution in [1.29, 1.82) is 0 Å². The number of hydrazone groups is 1. The monoisotopic (exact) mass is 429 g/mol. The molecule has 0 aliphatic rings. The van der Waals surface area contributed by atoms with Crippen molar-refractivity contribution >= 4 is 22.1 Å². The molecular weight excluding hydrogens is 409 g/mol. The molecule has 0 radical (unpaired) electrons. The third kappa shape index (κ3) is 5.40. The molecular formula is C21H20FN3O4S. The molecule has 2 aromatic carbocycles. The first kappa shape index (κ1) is 21.4. The molecule has 0 aliphatic heterocycles. The van der Waals surface area contributed by atoms with Crippen molar-refractivity contribution in [2.24, 2.45) is 5.10 Å². The molecule has 30 heavy (non-hydrogen) atoms. The Morgan fingerprint density at radius 2 is 1.87 bits per heavy atom. The van der Waals surface area contributed by atoms with Crippen LogP contribution in [0, 0.1) is 12.7 Å². The third-order valence-corrected chi connectivity index (χ3v) is 6.01. The number of halogens is 1. The highest BCUT2D eigenvalue weighted by atomic mass is 32.2. The van der Waals surface area contributed by atoms with E-state index in [4.69, 9.17) is 4.42 Å². The van der Waals surface area contributed by atoms with Gasteiger partial charge in [0.1, 0.15) is 11.6 Å². The first-order valence-electron chi connectivity index (χ1n) is 9.02. The Labute approximate surface area is 173 Å². The average Bonchev–Trinajstić information content (AvgIpc) is 3.23. The number of hydrogen-bond donors (Lipinski definition) is 1. The molecule has 0 bridgehead atoms. The van der Waals surface area contributed by atoms with Gasteiger partial charge in [-0.15, -0.1) is 0 Å². The number of benzene rings is 2. The number of sulfonamides is 1. The Morgan fingerprint density at radius 1 is 1.13 bits per heavy atom. The molecule has 1 heterocycles. The number of carbonyl (C=O) groups excluding carboxylic acids is 1. The van der Waals surface area contributed by atoms with Crippen LogP contribution in [0.15, 0.2) is 81.3 Å². The molecule has 0 fully saturated rings. The molecule has 3 rings (SSSR count). The lowest BCUT2D eigenvalue weighted by Crippen LogP contribution is -2.39. The molecule has 0 saturated carbocycles. The molecule has 156 valence electrons. The van der Waals surface area contributed by atoms with E-state index in [1.807, 2.05) is 6.92 Å². The summed E-state index contributed by atoms with van der Waals surface area (Å²) in [6.07, 6.45) is 2.74. The summed E-state index contributed by atoms with van der Waals surface area (Å²) in [7, 11) is -4.06. The van der Waals surface area contributed by atoms with Crippen LogP contribution in [0.4, 0.5) is 4.39 Å². The van der Waals surface area contributed by atoms with Crippen molar-refractivity contribution in [3.63, 3.8) is 0 Å². The smallest absolute Gasteiger partial charge is 0.255 e. The van der Waals surface area contributed by atoms with E-state index in [2.05, 4.69) is 10.5 Å². The SMILES string of the molecule is Cc1ccc(S(=O)(=O)N(CC(=O)NN=Cc2ccco2)Cc2ccccc2F)cc1. The largest absolute Gasteiger partial charge is 0.463 e. The van der Waals surface area contributed by atoms with Crippen LogP contribution in [0.5, 0.6) is 0 Å². The highest BCUT2D eigenvalue weighted by molar-refractivity contribution is 7.89. The fraction of sp³-hybridized carbons (Fsp3) is 0.143. The van der Waals surface area contributed by atoms with E-state index in [0.29, 0.717) is 5.76 Å². The second kappa shape index (κ2) is 9.47. The van der Waals surface area contributed by atoms with Crippen LogP contribution in [0.1, 0.15) is 16.9 Å². The Balaban J connectivity index is 1.82. The number of amides is 1. The third-order valence-electron chi connectivity index (χ3n) is 4.21. The highest BCUT2D eigenvalue weighted by Crippen LogP contribution is 2.20. The Kier molecular flexibility index (Phi) is 6.76. The van der Waals surface area contributed by atoms with Crippen LogP contribution in [-0.4, -0.2) is 31.4 Å². The maximum atomic E-state index is 14.1. The van der Waals surface area contributed by atoms with Gasteiger partial charge in [-0.25, -0.2) is 18.2 Å². The van der Waals surface area contributed by atoms with Gasteiger partial charge in [-0.2, -0.15) is 9.41 Å². The Morgan fingerprint density at radius 3 is 2.53 bits per heavy atom. The van der Waals surface area contributed by atoms with E-state index >= 15 is 0 Å². The fourth-order valence-electron chi connectivity index (χ4n) is 2.63. The van der Waals surface area contributed by atoms with E-state index in [0.717, 1.165) is 9.87 Å². The first-order chi connectivity index (χ1) is 14.4. The molecule has 1 N–H and O–H groups in total. The summed E-state index contributed by atoms with van der Waals surface area (Å²) in [6, 6.07) is 15.3. The first-order valence-corrected chi connectivity index (χ1v) is 10.5. The zero-order valence-electron chi connectivity index (χ0n) is 16.2. The molecule has 0 spiro atoms. The molecule has 9 heteroatoms. The minimum absolute atomic E-state index is 0.0105. The van der Waals surface area contributed by atoms with Crippen molar-refractivity contribution in [3.05, 3.63) is 89.6 Å². The summed E-state index contributed by atoms with van der Waals surface area (Å²) in [5, 5.41) is 3.74. The summed E-state index contributed by atoms with van der Waals surface area (Å²) >= 11 is 0. The highest BCUT2D eigenvalue weighted by Gasteiger charge is 2.27. The molecule has 1 amide bonds.